The average Bonchev–Trinajstić information content (AvgIpc) is 3.39. The number of carbonyl (C=O) groups excluding carboxylic acids is 1. The number of halogens is 1. The van der Waals surface area contributed by atoms with Crippen LogP contribution in [0.15, 0.2) is 48.5 Å². The molecule has 1 aliphatic carbocycles. The Morgan fingerprint density at radius 2 is 2.07 bits per heavy atom. The molecule has 1 unspecified atom stereocenters. The summed E-state index contributed by atoms with van der Waals surface area (Å²) in [6, 6.07) is 14.4. The van der Waals surface area contributed by atoms with Crippen LogP contribution in [0, 0.1) is 0 Å². The number of rotatable bonds is 6. The van der Waals surface area contributed by atoms with E-state index in [2.05, 4.69) is 20.5 Å². The van der Waals surface area contributed by atoms with Gasteiger partial charge in [-0.15, -0.1) is 0 Å². The summed E-state index contributed by atoms with van der Waals surface area (Å²) in [5, 5.41) is 10.7. The molecule has 7 heteroatoms. The lowest BCUT2D eigenvalue weighted by molar-refractivity contribution is -0.122. The van der Waals surface area contributed by atoms with Gasteiger partial charge in [0.05, 0.1) is 0 Å². The predicted octanol–water partition coefficient (Wildman–Crippen LogP) is 4.41. The van der Waals surface area contributed by atoms with Crippen molar-refractivity contribution in [1.29, 1.82) is 0 Å². The number of amides is 1. The number of nitrogens with zero attached hydrogens (tertiary/aromatic N) is 2. The summed E-state index contributed by atoms with van der Waals surface area (Å²) in [6.07, 6.45) is 1.65. The highest BCUT2D eigenvalue weighted by Crippen LogP contribution is 2.38. The van der Waals surface area contributed by atoms with Gasteiger partial charge in [0.25, 0.3) is 5.91 Å². The van der Waals surface area contributed by atoms with E-state index >= 15 is 0 Å². The maximum Gasteiger partial charge on any atom is 0.265 e. The standard InChI is InChI=1S/C20H19ClN4O2/c1-12(27-17-7-3-5-15(21)11-17)20(26)22-16-6-2-4-14(10-16)19-23-18(24-25-19)13-8-9-13/h2-7,10-13H,8-9H2,1H3,(H,22,26)(H,23,24,25). The molecule has 27 heavy (non-hydrogen) atoms. The van der Waals surface area contributed by atoms with E-state index < -0.39 is 6.10 Å². The van der Waals surface area contributed by atoms with Gasteiger partial charge in [0.1, 0.15) is 11.6 Å². The molecule has 138 valence electrons. The van der Waals surface area contributed by atoms with Crippen LogP contribution in [0.4, 0.5) is 5.69 Å². The van der Waals surface area contributed by atoms with E-state index in [4.69, 9.17) is 16.3 Å². The largest absolute Gasteiger partial charge is 0.481 e. The molecular weight excluding hydrogens is 364 g/mol. The van der Waals surface area contributed by atoms with Crippen LogP contribution in [0.3, 0.4) is 0 Å². The Morgan fingerprint density at radius 3 is 2.85 bits per heavy atom. The predicted molar refractivity (Wildman–Crippen MR) is 104 cm³/mol. The van der Waals surface area contributed by atoms with Gasteiger partial charge in [0, 0.05) is 22.2 Å². The van der Waals surface area contributed by atoms with Crippen LogP contribution in [-0.4, -0.2) is 27.2 Å². The van der Waals surface area contributed by atoms with Crippen LogP contribution in [-0.2, 0) is 4.79 Å². The van der Waals surface area contributed by atoms with Crippen molar-refractivity contribution >= 4 is 23.2 Å². The number of H-pyrrole nitrogens is 1. The second kappa shape index (κ2) is 7.40. The number of hydrogen-bond donors (Lipinski definition) is 2. The third-order valence-corrected chi connectivity index (χ3v) is 4.57. The van der Waals surface area contributed by atoms with Crippen molar-refractivity contribution in [3.63, 3.8) is 0 Å². The lowest BCUT2D eigenvalue weighted by Crippen LogP contribution is -2.30. The molecule has 1 aromatic heterocycles. The van der Waals surface area contributed by atoms with Gasteiger partial charge < -0.3 is 10.1 Å². The average molecular weight is 383 g/mol. The molecule has 0 saturated heterocycles. The SMILES string of the molecule is CC(Oc1cccc(Cl)c1)C(=O)Nc1cccc(-c2n[nH]c(C3CC3)n2)c1. The number of hydrogen-bond acceptors (Lipinski definition) is 4. The number of anilines is 1. The normalized spacial score (nSPS) is 14.6. The van der Waals surface area contributed by atoms with E-state index in [0.29, 0.717) is 28.2 Å². The Kier molecular flexibility index (Phi) is 4.81. The van der Waals surface area contributed by atoms with E-state index in [9.17, 15) is 4.79 Å². The van der Waals surface area contributed by atoms with Gasteiger partial charge in [0.15, 0.2) is 11.9 Å². The smallest absolute Gasteiger partial charge is 0.265 e. The van der Waals surface area contributed by atoms with E-state index in [-0.39, 0.29) is 5.91 Å². The number of carbonyl (C=O) groups is 1. The second-order valence-corrected chi connectivity index (χ2v) is 7.04. The summed E-state index contributed by atoms with van der Waals surface area (Å²) in [7, 11) is 0. The Hall–Kier alpha value is -2.86. The summed E-state index contributed by atoms with van der Waals surface area (Å²) < 4.78 is 5.65. The van der Waals surface area contributed by atoms with Crippen molar-refractivity contribution < 1.29 is 9.53 Å². The molecule has 3 aromatic rings. The Balaban J connectivity index is 1.43. The topological polar surface area (TPSA) is 79.9 Å². The summed E-state index contributed by atoms with van der Waals surface area (Å²) in [6.45, 7) is 1.69. The van der Waals surface area contributed by atoms with Crippen LogP contribution in [0.5, 0.6) is 5.75 Å². The quantitative estimate of drug-likeness (QED) is 0.661. The Labute approximate surface area is 161 Å². The van der Waals surface area contributed by atoms with E-state index in [1.54, 1.807) is 31.2 Å². The Bertz CT molecular complexity index is 968. The van der Waals surface area contributed by atoms with Crippen molar-refractivity contribution in [3.8, 4) is 17.1 Å². The molecular formula is C20H19ClN4O2. The third kappa shape index (κ3) is 4.28. The molecule has 4 rings (SSSR count). The van der Waals surface area contributed by atoms with Crippen molar-refractivity contribution in [2.24, 2.45) is 0 Å². The molecule has 0 spiro atoms. The molecule has 6 nitrogen and oxygen atoms in total. The fraction of sp³-hybridized carbons (Fsp3) is 0.250. The molecule has 2 aromatic carbocycles. The van der Waals surface area contributed by atoms with Gasteiger partial charge in [-0.3, -0.25) is 9.89 Å². The molecule has 1 atom stereocenters. The third-order valence-electron chi connectivity index (χ3n) is 4.33. The minimum atomic E-state index is -0.669. The van der Waals surface area contributed by atoms with E-state index in [1.165, 1.54) is 0 Å². The molecule has 0 radical (unpaired) electrons. The molecule has 1 heterocycles. The zero-order chi connectivity index (χ0) is 18.8. The first-order valence-corrected chi connectivity index (χ1v) is 9.22. The Morgan fingerprint density at radius 1 is 1.26 bits per heavy atom. The fourth-order valence-corrected chi connectivity index (χ4v) is 2.90. The highest BCUT2D eigenvalue weighted by atomic mass is 35.5. The molecule has 1 aliphatic rings. The lowest BCUT2D eigenvalue weighted by Gasteiger charge is -2.15. The van der Waals surface area contributed by atoms with Crippen LogP contribution in [0.2, 0.25) is 5.02 Å². The monoisotopic (exact) mass is 382 g/mol. The first-order valence-electron chi connectivity index (χ1n) is 8.84. The van der Waals surface area contributed by atoms with Crippen molar-refractivity contribution in [2.75, 3.05) is 5.32 Å². The van der Waals surface area contributed by atoms with Gasteiger partial charge in [-0.1, -0.05) is 29.8 Å². The van der Waals surface area contributed by atoms with Crippen LogP contribution < -0.4 is 10.1 Å². The molecule has 1 saturated carbocycles. The minimum Gasteiger partial charge on any atom is -0.481 e. The first kappa shape index (κ1) is 17.5. The highest BCUT2D eigenvalue weighted by molar-refractivity contribution is 6.30. The lowest BCUT2D eigenvalue weighted by atomic mass is 10.2. The minimum absolute atomic E-state index is 0.249. The van der Waals surface area contributed by atoms with Crippen molar-refractivity contribution in [1.82, 2.24) is 15.2 Å². The number of ether oxygens (including phenoxy) is 1. The van der Waals surface area contributed by atoms with Crippen molar-refractivity contribution in [3.05, 3.63) is 59.4 Å². The summed E-state index contributed by atoms with van der Waals surface area (Å²) in [5.74, 6) is 2.38. The van der Waals surface area contributed by atoms with Gasteiger partial charge in [-0.25, -0.2) is 4.98 Å². The molecule has 1 fully saturated rings. The van der Waals surface area contributed by atoms with Crippen LogP contribution in [0.1, 0.15) is 31.5 Å². The maximum atomic E-state index is 12.4. The van der Waals surface area contributed by atoms with Gasteiger partial charge >= 0.3 is 0 Å². The summed E-state index contributed by atoms with van der Waals surface area (Å²) in [5.41, 5.74) is 1.51. The maximum absolute atomic E-state index is 12.4. The number of aromatic amines is 1. The highest BCUT2D eigenvalue weighted by Gasteiger charge is 2.27. The molecule has 2 N–H and O–H groups in total. The van der Waals surface area contributed by atoms with Crippen LogP contribution >= 0.6 is 11.6 Å². The second-order valence-electron chi connectivity index (χ2n) is 6.61. The first-order chi connectivity index (χ1) is 13.1. The number of aromatic nitrogens is 3. The zero-order valence-electron chi connectivity index (χ0n) is 14.8. The van der Waals surface area contributed by atoms with E-state index in [0.717, 1.165) is 24.2 Å². The van der Waals surface area contributed by atoms with Gasteiger partial charge in [-0.2, -0.15) is 5.10 Å². The molecule has 1 amide bonds. The summed E-state index contributed by atoms with van der Waals surface area (Å²) >= 11 is 5.94. The van der Waals surface area contributed by atoms with E-state index in [1.807, 2.05) is 24.3 Å². The number of benzene rings is 2. The number of nitrogens with one attached hydrogen (secondary N) is 2. The fourth-order valence-electron chi connectivity index (χ4n) is 2.72. The van der Waals surface area contributed by atoms with Crippen LogP contribution in [0.25, 0.3) is 11.4 Å². The van der Waals surface area contributed by atoms with Gasteiger partial charge in [-0.05, 0) is 50.1 Å². The zero-order valence-corrected chi connectivity index (χ0v) is 15.5. The summed E-state index contributed by atoms with van der Waals surface area (Å²) in [4.78, 5) is 17.0. The van der Waals surface area contributed by atoms with Gasteiger partial charge in [0.2, 0.25) is 0 Å². The molecule has 0 bridgehead atoms. The van der Waals surface area contributed by atoms with Crippen molar-refractivity contribution in [2.45, 2.75) is 31.8 Å². The molecule has 0 aliphatic heterocycles.